The lowest BCUT2D eigenvalue weighted by Crippen LogP contribution is -2.57. The Morgan fingerprint density at radius 1 is 1.18 bits per heavy atom. The molecule has 40 heavy (non-hydrogen) atoms. The van der Waals surface area contributed by atoms with E-state index < -0.39 is 63.6 Å². The second-order valence-corrected chi connectivity index (χ2v) is 11.2. The molecule has 1 saturated heterocycles. The van der Waals surface area contributed by atoms with Gasteiger partial charge in [0, 0.05) is 53.9 Å². The quantitative estimate of drug-likeness (QED) is 0.307. The molecule has 3 aliphatic carbocycles. The van der Waals surface area contributed by atoms with Gasteiger partial charge in [0.1, 0.15) is 34.5 Å². The Balaban J connectivity index is 1.30. The Morgan fingerprint density at radius 3 is 2.55 bits per heavy atom. The fourth-order valence-electron chi connectivity index (χ4n) is 6.94. The number of phenols is 1. The van der Waals surface area contributed by atoms with Crippen molar-refractivity contribution in [1.82, 2.24) is 14.9 Å². The van der Waals surface area contributed by atoms with Gasteiger partial charge in [-0.15, -0.1) is 0 Å². The maximum atomic E-state index is 15.9. The number of hydrogen-bond donors (Lipinski definition) is 6. The van der Waals surface area contributed by atoms with Gasteiger partial charge in [0.2, 0.25) is 5.78 Å². The fourth-order valence-corrected chi connectivity index (χ4v) is 6.94. The highest BCUT2D eigenvalue weighted by Gasteiger charge is 2.59. The number of phenolic OH excluding ortho intramolecular Hbond substituents is 1. The first-order valence-electron chi connectivity index (χ1n) is 13.2. The van der Waals surface area contributed by atoms with E-state index in [1.165, 1.54) is 6.07 Å². The molecule has 1 aromatic carbocycles. The molecule has 1 aromatic heterocycles. The normalized spacial score (nSPS) is 27.4. The number of nitrogens with zero attached hydrogens (tertiary/aromatic N) is 2. The molecule has 1 amide bonds. The van der Waals surface area contributed by atoms with E-state index in [1.54, 1.807) is 12.4 Å². The first-order valence-corrected chi connectivity index (χ1v) is 13.2. The van der Waals surface area contributed by atoms with Crippen molar-refractivity contribution in [3.63, 3.8) is 0 Å². The Labute approximate surface area is 227 Å². The van der Waals surface area contributed by atoms with Crippen LogP contribution in [0.5, 0.6) is 5.75 Å². The average molecular weight is 553 g/mol. The number of rotatable bonds is 4. The molecule has 210 valence electrons. The smallest absolute Gasteiger partial charge is 0.255 e. The Bertz CT molecular complexity index is 1510. The van der Waals surface area contributed by atoms with Crippen molar-refractivity contribution in [1.29, 1.82) is 0 Å². The molecule has 1 fully saturated rings. The number of nitrogens with two attached hydrogens (primary N) is 1. The van der Waals surface area contributed by atoms with Crippen LogP contribution in [0.4, 0.5) is 4.39 Å². The predicted octanol–water partition coefficient (Wildman–Crippen LogP) is 1.82. The third-order valence-electron chi connectivity index (χ3n) is 8.96. The number of aromatic amines is 1. The SMILES string of the molecule is NC(=O)C1=C(O)C[C@@H]2CC3Cc4c(F)c(CN5CCC(c6ncc[nH]6)CC5)cc(O)c4C(=O)C3=C(O)[C@]2(O)C1=O. The fraction of sp³-hybridized carbons (Fsp3) is 0.429. The van der Waals surface area contributed by atoms with Gasteiger partial charge in [0.25, 0.3) is 5.91 Å². The number of ketones is 2. The summed E-state index contributed by atoms with van der Waals surface area (Å²) in [6, 6.07) is 1.21. The summed E-state index contributed by atoms with van der Waals surface area (Å²) in [7, 11) is 0. The molecule has 0 saturated carbocycles. The molecule has 7 N–H and O–H groups in total. The number of benzene rings is 1. The lowest BCUT2D eigenvalue weighted by Gasteiger charge is -2.45. The number of hydrogen-bond acceptors (Lipinski definition) is 9. The van der Waals surface area contributed by atoms with E-state index in [9.17, 15) is 34.8 Å². The highest BCUT2D eigenvalue weighted by Crippen LogP contribution is 2.51. The number of piperidine rings is 1. The minimum atomic E-state index is -2.65. The molecule has 2 heterocycles. The Hall–Kier alpha value is -4.03. The minimum Gasteiger partial charge on any atom is -0.511 e. The molecular weight excluding hydrogens is 523 g/mol. The van der Waals surface area contributed by atoms with Gasteiger partial charge in [-0.25, -0.2) is 9.37 Å². The summed E-state index contributed by atoms with van der Waals surface area (Å²) in [6.45, 7) is 1.63. The summed E-state index contributed by atoms with van der Waals surface area (Å²) in [5.74, 6) is -6.74. The van der Waals surface area contributed by atoms with Gasteiger partial charge >= 0.3 is 0 Å². The van der Waals surface area contributed by atoms with Crippen molar-refractivity contribution >= 4 is 17.5 Å². The van der Waals surface area contributed by atoms with Crippen LogP contribution in [-0.2, 0) is 22.6 Å². The van der Waals surface area contributed by atoms with Gasteiger partial charge in [-0.2, -0.15) is 0 Å². The number of aromatic hydroxyl groups is 1. The van der Waals surface area contributed by atoms with Crippen LogP contribution in [0.3, 0.4) is 0 Å². The van der Waals surface area contributed by atoms with Gasteiger partial charge < -0.3 is 31.1 Å². The number of Topliss-reactive ketones (excluding diaryl/α,β-unsaturated/α-hetero) is 2. The molecule has 0 spiro atoms. The zero-order valence-electron chi connectivity index (χ0n) is 21.5. The van der Waals surface area contributed by atoms with E-state index in [1.807, 2.05) is 0 Å². The zero-order chi connectivity index (χ0) is 28.5. The molecular formula is C28H29FN4O7. The van der Waals surface area contributed by atoms with Crippen LogP contribution < -0.4 is 5.73 Å². The first kappa shape index (κ1) is 26.2. The minimum absolute atomic E-state index is 0.0113. The molecule has 11 nitrogen and oxygen atoms in total. The van der Waals surface area contributed by atoms with Crippen molar-refractivity contribution in [2.45, 2.75) is 50.2 Å². The highest BCUT2D eigenvalue weighted by atomic mass is 19.1. The number of likely N-dealkylation sites (tertiary alicyclic amines) is 1. The van der Waals surface area contributed by atoms with Crippen molar-refractivity contribution in [2.24, 2.45) is 17.6 Å². The summed E-state index contributed by atoms with van der Waals surface area (Å²) < 4.78 is 15.9. The van der Waals surface area contributed by atoms with Crippen molar-refractivity contribution in [3.8, 4) is 5.75 Å². The van der Waals surface area contributed by atoms with Crippen LogP contribution in [-0.4, -0.2) is 71.5 Å². The van der Waals surface area contributed by atoms with E-state index in [2.05, 4.69) is 14.9 Å². The van der Waals surface area contributed by atoms with Crippen molar-refractivity contribution < 1.29 is 39.2 Å². The number of primary amides is 1. The lowest BCUT2D eigenvalue weighted by atomic mass is 9.60. The van der Waals surface area contributed by atoms with E-state index in [0.29, 0.717) is 13.1 Å². The van der Waals surface area contributed by atoms with Crippen LogP contribution >= 0.6 is 0 Å². The van der Waals surface area contributed by atoms with Gasteiger partial charge in [-0.1, -0.05) is 0 Å². The summed E-state index contributed by atoms with van der Waals surface area (Å²) in [4.78, 5) is 47.9. The monoisotopic (exact) mass is 552 g/mol. The number of halogens is 1. The van der Waals surface area contributed by atoms with Crippen LogP contribution in [0, 0.1) is 17.7 Å². The van der Waals surface area contributed by atoms with Crippen molar-refractivity contribution in [3.05, 3.63) is 69.5 Å². The third kappa shape index (κ3) is 3.77. The number of carbonyl (C=O) groups is 3. The average Bonchev–Trinajstić information content (AvgIpc) is 3.44. The number of fused-ring (bicyclic) bond motifs is 3. The largest absolute Gasteiger partial charge is 0.511 e. The molecule has 4 aliphatic rings. The number of aliphatic hydroxyl groups excluding tert-OH is 2. The molecule has 0 radical (unpaired) electrons. The summed E-state index contributed by atoms with van der Waals surface area (Å²) >= 11 is 0. The molecule has 3 atom stereocenters. The first-order chi connectivity index (χ1) is 19.0. The topological polar surface area (TPSA) is 190 Å². The van der Waals surface area contributed by atoms with Crippen LogP contribution in [0.2, 0.25) is 0 Å². The van der Waals surface area contributed by atoms with Crippen LogP contribution in [0.25, 0.3) is 0 Å². The van der Waals surface area contributed by atoms with E-state index in [0.717, 1.165) is 18.7 Å². The second kappa shape index (κ2) is 9.27. The maximum Gasteiger partial charge on any atom is 0.255 e. The number of nitrogens with one attached hydrogen (secondary N) is 1. The number of allylic oxidation sites excluding steroid dienone is 2. The second-order valence-electron chi connectivity index (χ2n) is 11.2. The number of carbonyl (C=O) groups excluding carboxylic acids is 3. The molecule has 12 heteroatoms. The standard InChI is InChI=1S/C28H29FN4O7/c29-22-14(11-33-5-1-12(2-6-33)27-31-3-4-32-27)9-17(34)20-16(22)8-13-7-15-10-18(35)21(26(30)39)25(38)28(15,40)24(37)19(13)23(20)36/h3-4,9,12-13,15,34-35,37,40H,1-2,5-8,10-11H2,(H2,30,39)(H,31,32)/t13?,15-,28-/m0/s1. The zero-order valence-corrected chi connectivity index (χ0v) is 21.5. The van der Waals surface area contributed by atoms with Crippen LogP contribution in [0.15, 0.2) is 41.1 Å². The van der Waals surface area contributed by atoms with E-state index in [-0.39, 0.29) is 54.0 Å². The summed E-state index contributed by atoms with van der Waals surface area (Å²) in [6.07, 6.45) is 4.72. The summed E-state index contributed by atoms with van der Waals surface area (Å²) in [5.41, 5.74) is 1.34. The third-order valence-corrected chi connectivity index (χ3v) is 8.96. The van der Waals surface area contributed by atoms with Gasteiger partial charge in [0.05, 0.1) is 5.56 Å². The highest BCUT2D eigenvalue weighted by molar-refractivity contribution is 6.24. The molecule has 1 aliphatic heterocycles. The number of aromatic nitrogens is 2. The molecule has 6 rings (SSSR count). The van der Waals surface area contributed by atoms with E-state index in [4.69, 9.17) is 5.73 Å². The Kier molecular flexibility index (Phi) is 6.07. The van der Waals surface area contributed by atoms with Crippen molar-refractivity contribution in [2.75, 3.05) is 13.1 Å². The van der Waals surface area contributed by atoms with Gasteiger partial charge in [-0.3, -0.25) is 19.3 Å². The number of aliphatic hydroxyl groups is 3. The molecule has 2 aromatic rings. The van der Waals surface area contributed by atoms with Gasteiger partial charge in [0.15, 0.2) is 11.4 Å². The predicted molar refractivity (Wildman–Crippen MR) is 137 cm³/mol. The van der Waals surface area contributed by atoms with Crippen LogP contribution in [0.1, 0.15) is 58.9 Å². The van der Waals surface area contributed by atoms with Gasteiger partial charge in [-0.05, 0) is 50.8 Å². The lowest BCUT2D eigenvalue weighted by molar-refractivity contribution is -0.144. The van der Waals surface area contributed by atoms with E-state index >= 15 is 4.39 Å². The maximum absolute atomic E-state index is 15.9. The Morgan fingerprint density at radius 2 is 1.90 bits per heavy atom. The summed E-state index contributed by atoms with van der Waals surface area (Å²) in [5, 5.41) is 43.5. The molecule has 1 unspecified atom stereocenters. The number of H-pyrrole nitrogens is 1. The number of amides is 1. The number of imidazole rings is 1. The molecule has 0 bridgehead atoms.